The van der Waals surface area contributed by atoms with Crippen LogP contribution in [0.15, 0.2) is 35.1 Å². The van der Waals surface area contributed by atoms with E-state index in [4.69, 9.17) is 0 Å². The molecule has 25 heavy (non-hydrogen) atoms. The molecule has 0 saturated heterocycles. The Bertz CT molecular complexity index is 798. The standard InChI is InChI=1S/C17H18F3N3O2/c1-3-12(9-11-4-6-13(7-5-11)17(18,19)20)15(24)22-14-8-10(2)21-16(25)23-14/h4-8,12H,3,9H2,1-2H3,(H2,21,22,23,24,25). The van der Waals surface area contributed by atoms with Crippen molar-refractivity contribution in [1.82, 2.24) is 9.97 Å². The summed E-state index contributed by atoms with van der Waals surface area (Å²) in [5.41, 5.74) is -0.0980. The van der Waals surface area contributed by atoms with Gasteiger partial charge in [-0.15, -0.1) is 0 Å². The van der Waals surface area contributed by atoms with Crippen LogP contribution in [-0.2, 0) is 17.4 Å². The summed E-state index contributed by atoms with van der Waals surface area (Å²) < 4.78 is 37.8. The minimum atomic E-state index is -4.38. The molecule has 2 N–H and O–H groups in total. The summed E-state index contributed by atoms with van der Waals surface area (Å²) in [6, 6.07) is 6.27. The number of amides is 1. The van der Waals surface area contributed by atoms with Crippen molar-refractivity contribution in [3.8, 4) is 0 Å². The monoisotopic (exact) mass is 353 g/mol. The number of hydrogen-bond acceptors (Lipinski definition) is 3. The van der Waals surface area contributed by atoms with Gasteiger partial charge in [0.2, 0.25) is 5.91 Å². The van der Waals surface area contributed by atoms with Crippen molar-refractivity contribution in [2.45, 2.75) is 32.9 Å². The molecule has 134 valence electrons. The summed E-state index contributed by atoms with van der Waals surface area (Å²) in [5.74, 6) is -0.629. The highest BCUT2D eigenvalue weighted by Crippen LogP contribution is 2.29. The van der Waals surface area contributed by atoms with E-state index in [1.165, 1.54) is 18.2 Å². The van der Waals surface area contributed by atoms with Gasteiger partial charge in [-0.05, 0) is 37.5 Å². The Morgan fingerprint density at radius 1 is 1.28 bits per heavy atom. The van der Waals surface area contributed by atoms with Gasteiger partial charge in [-0.1, -0.05) is 19.1 Å². The zero-order valence-electron chi connectivity index (χ0n) is 13.8. The van der Waals surface area contributed by atoms with Gasteiger partial charge in [-0.2, -0.15) is 18.2 Å². The van der Waals surface area contributed by atoms with E-state index in [0.29, 0.717) is 24.1 Å². The molecule has 0 aliphatic rings. The Balaban J connectivity index is 2.08. The predicted molar refractivity (Wildman–Crippen MR) is 87.2 cm³/mol. The smallest absolute Gasteiger partial charge is 0.310 e. The number of H-pyrrole nitrogens is 1. The minimum Gasteiger partial charge on any atom is -0.310 e. The van der Waals surface area contributed by atoms with Gasteiger partial charge in [0, 0.05) is 17.7 Å². The van der Waals surface area contributed by atoms with Crippen LogP contribution in [0.5, 0.6) is 0 Å². The number of anilines is 1. The third kappa shape index (κ3) is 5.17. The van der Waals surface area contributed by atoms with Crippen LogP contribution in [0.25, 0.3) is 0 Å². The fraction of sp³-hybridized carbons (Fsp3) is 0.353. The van der Waals surface area contributed by atoms with E-state index in [1.54, 1.807) is 6.92 Å². The second-order valence-electron chi connectivity index (χ2n) is 5.75. The molecule has 1 aromatic heterocycles. The van der Waals surface area contributed by atoms with E-state index < -0.39 is 23.3 Å². The highest BCUT2D eigenvalue weighted by Gasteiger charge is 2.30. The average molecular weight is 353 g/mol. The van der Waals surface area contributed by atoms with Crippen molar-refractivity contribution >= 4 is 11.7 Å². The van der Waals surface area contributed by atoms with Crippen molar-refractivity contribution in [1.29, 1.82) is 0 Å². The Morgan fingerprint density at radius 3 is 2.44 bits per heavy atom. The number of carbonyl (C=O) groups excluding carboxylic acids is 1. The molecule has 1 aromatic carbocycles. The molecule has 0 radical (unpaired) electrons. The number of benzene rings is 1. The molecule has 1 atom stereocenters. The van der Waals surface area contributed by atoms with Gasteiger partial charge in [0.25, 0.3) is 0 Å². The number of halogens is 3. The van der Waals surface area contributed by atoms with Crippen LogP contribution in [0.2, 0.25) is 0 Å². The van der Waals surface area contributed by atoms with Crippen LogP contribution < -0.4 is 11.0 Å². The fourth-order valence-corrected chi connectivity index (χ4v) is 2.41. The Hall–Kier alpha value is -2.64. The van der Waals surface area contributed by atoms with E-state index in [-0.39, 0.29) is 11.7 Å². The summed E-state index contributed by atoms with van der Waals surface area (Å²) in [5, 5.41) is 2.58. The van der Waals surface area contributed by atoms with Crippen LogP contribution >= 0.6 is 0 Å². The molecule has 2 rings (SSSR count). The number of alkyl halides is 3. The normalized spacial score (nSPS) is 12.7. The molecule has 0 aliphatic carbocycles. The van der Waals surface area contributed by atoms with Gasteiger partial charge >= 0.3 is 11.9 Å². The molecule has 1 amide bonds. The lowest BCUT2D eigenvalue weighted by Gasteiger charge is -2.15. The summed E-state index contributed by atoms with van der Waals surface area (Å²) >= 11 is 0. The first kappa shape index (κ1) is 18.7. The third-order valence-corrected chi connectivity index (χ3v) is 3.76. The molecule has 2 aromatic rings. The van der Waals surface area contributed by atoms with Crippen LogP contribution in [0.3, 0.4) is 0 Å². The van der Waals surface area contributed by atoms with Crippen LogP contribution in [0.4, 0.5) is 19.0 Å². The van der Waals surface area contributed by atoms with E-state index >= 15 is 0 Å². The van der Waals surface area contributed by atoms with Gasteiger partial charge in [-0.25, -0.2) is 4.79 Å². The Labute approximate surface area is 142 Å². The maximum atomic E-state index is 12.6. The number of nitrogens with one attached hydrogen (secondary N) is 2. The first-order chi connectivity index (χ1) is 11.7. The second kappa shape index (κ2) is 7.50. The van der Waals surface area contributed by atoms with E-state index in [1.807, 2.05) is 6.92 Å². The first-order valence-corrected chi connectivity index (χ1v) is 7.74. The van der Waals surface area contributed by atoms with Gasteiger partial charge < -0.3 is 10.3 Å². The molecule has 5 nitrogen and oxygen atoms in total. The van der Waals surface area contributed by atoms with Gasteiger partial charge in [0.15, 0.2) is 0 Å². The van der Waals surface area contributed by atoms with E-state index in [9.17, 15) is 22.8 Å². The largest absolute Gasteiger partial charge is 0.416 e. The minimum absolute atomic E-state index is 0.150. The number of carbonyl (C=O) groups is 1. The van der Waals surface area contributed by atoms with Crippen molar-refractivity contribution < 1.29 is 18.0 Å². The van der Waals surface area contributed by atoms with E-state index in [2.05, 4.69) is 15.3 Å². The van der Waals surface area contributed by atoms with Crippen molar-refractivity contribution in [2.24, 2.45) is 5.92 Å². The second-order valence-corrected chi connectivity index (χ2v) is 5.75. The molecule has 0 saturated carbocycles. The van der Waals surface area contributed by atoms with Crippen LogP contribution in [-0.4, -0.2) is 15.9 Å². The van der Waals surface area contributed by atoms with Gasteiger partial charge in [0.05, 0.1) is 5.56 Å². The molecule has 8 heteroatoms. The lowest BCUT2D eigenvalue weighted by molar-refractivity contribution is -0.137. The first-order valence-electron chi connectivity index (χ1n) is 7.74. The lowest BCUT2D eigenvalue weighted by Crippen LogP contribution is -2.26. The highest BCUT2D eigenvalue weighted by atomic mass is 19.4. The van der Waals surface area contributed by atoms with Crippen molar-refractivity contribution in [2.75, 3.05) is 5.32 Å². The molecule has 0 fully saturated rings. The number of aryl methyl sites for hydroxylation is 1. The molecule has 1 unspecified atom stereocenters. The topological polar surface area (TPSA) is 74.8 Å². The third-order valence-electron chi connectivity index (χ3n) is 3.76. The maximum Gasteiger partial charge on any atom is 0.416 e. The van der Waals surface area contributed by atoms with E-state index in [0.717, 1.165) is 12.1 Å². The van der Waals surface area contributed by atoms with Crippen molar-refractivity contribution in [3.63, 3.8) is 0 Å². The fourth-order valence-electron chi connectivity index (χ4n) is 2.41. The van der Waals surface area contributed by atoms with Crippen LogP contribution in [0, 0.1) is 12.8 Å². The quantitative estimate of drug-likeness (QED) is 0.866. The Kier molecular flexibility index (Phi) is 5.61. The zero-order valence-corrected chi connectivity index (χ0v) is 13.8. The number of nitrogens with zero attached hydrogens (tertiary/aromatic N) is 1. The molecule has 0 aliphatic heterocycles. The van der Waals surface area contributed by atoms with Crippen molar-refractivity contribution in [3.05, 3.63) is 57.6 Å². The lowest BCUT2D eigenvalue weighted by atomic mass is 9.95. The molecule has 1 heterocycles. The zero-order chi connectivity index (χ0) is 18.6. The number of aromatic amines is 1. The average Bonchev–Trinajstić information content (AvgIpc) is 2.51. The van der Waals surface area contributed by atoms with Gasteiger partial charge in [-0.3, -0.25) is 4.79 Å². The number of rotatable bonds is 5. The summed E-state index contributed by atoms with van der Waals surface area (Å²) in [7, 11) is 0. The molecule has 0 bridgehead atoms. The number of aromatic nitrogens is 2. The SMILES string of the molecule is CCC(Cc1ccc(C(F)(F)F)cc1)C(=O)Nc1cc(C)[nH]c(=O)n1. The molecular weight excluding hydrogens is 335 g/mol. The summed E-state index contributed by atoms with van der Waals surface area (Å²) in [6.45, 7) is 3.48. The molecular formula is C17H18F3N3O2. The highest BCUT2D eigenvalue weighted by molar-refractivity contribution is 5.91. The predicted octanol–water partition coefficient (Wildman–Crippen LogP) is 3.30. The van der Waals surface area contributed by atoms with Crippen LogP contribution in [0.1, 0.15) is 30.2 Å². The Morgan fingerprint density at radius 2 is 1.92 bits per heavy atom. The molecule has 0 spiro atoms. The number of hydrogen-bond donors (Lipinski definition) is 2. The maximum absolute atomic E-state index is 12.6. The summed E-state index contributed by atoms with van der Waals surface area (Å²) in [4.78, 5) is 29.8. The van der Waals surface area contributed by atoms with Gasteiger partial charge in [0.1, 0.15) is 5.82 Å². The summed E-state index contributed by atoms with van der Waals surface area (Å²) in [6.07, 6.45) is -3.60.